The average molecular weight is 1270 g/mol. The molecule has 0 bridgehead atoms. The number of hydrogen-bond donors (Lipinski definition) is 0. The molecule has 0 unspecified atom stereocenters. The molecule has 9 nitrogen and oxygen atoms in total. The average Bonchev–Trinajstić information content (AvgIpc) is 0.697. The van der Waals surface area contributed by atoms with Gasteiger partial charge in [0.2, 0.25) is 0 Å². The first-order chi connectivity index (χ1) is 48.4. The van der Waals surface area contributed by atoms with E-state index in [1.165, 1.54) is 18.2 Å². The summed E-state index contributed by atoms with van der Waals surface area (Å²) in [6.07, 6.45) is 0. The monoisotopic (exact) mass is 1270 g/mol. The molecule has 6 heterocycles. The molecular weight excluding hydrogens is 1220 g/mol. The lowest BCUT2D eigenvalue weighted by atomic mass is 9.30. The molecule has 20 rings (SSSR count). The van der Waals surface area contributed by atoms with Gasteiger partial charge in [0.15, 0.2) is 0 Å². The molecule has 0 N–H and O–H groups in total. The molecule has 0 aromatic heterocycles. The Morgan fingerprint density at radius 1 is 0.224 bits per heavy atom. The van der Waals surface area contributed by atoms with E-state index in [2.05, 4.69) is 154 Å². The van der Waals surface area contributed by atoms with Crippen LogP contribution in [-0.4, -0.2) is 20.1 Å². The highest BCUT2D eigenvalue weighted by molar-refractivity contribution is 7.02. The van der Waals surface area contributed by atoms with Crippen molar-refractivity contribution in [2.75, 3.05) is 19.6 Å². The Hall–Kier alpha value is -12.7. The van der Waals surface area contributed by atoms with E-state index >= 15 is 8.78 Å². The number of hydrogen-bond acceptors (Lipinski definition) is 9. The summed E-state index contributed by atoms with van der Waals surface area (Å²) < 4.78 is 71.3. The summed E-state index contributed by atoms with van der Waals surface area (Å²) in [5.74, 6) is 4.77. The Morgan fingerprint density at radius 2 is 0.531 bits per heavy atom. The van der Waals surface area contributed by atoms with Gasteiger partial charge < -0.3 is 43.3 Å². The van der Waals surface area contributed by atoms with E-state index in [1.807, 2.05) is 152 Å². The number of ether oxygens (including phenoxy) is 5. The summed E-state index contributed by atoms with van der Waals surface area (Å²) in [6.45, 7) is -1.34. The van der Waals surface area contributed by atoms with Gasteiger partial charge in [-0.05, 0) is 141 Å². The summed E-state index contributed by atoms with van der Waals surface area (Å²) in [6, 6.07) is 103. The van der Waals surface area contributed by atoms with Gasteiger partial charge >= 0.3 is 0 Å². The SMILES string of the molecule is Fc1cccc(F)c1N1c2cc3c(cc2B2c4ccccc4Oc4cc(N(c5ccccc5)c5ccccc5)cc1c42)B1c2cc4c(cc2Oc2cc(N(c5ccccc5)c5ccccc5)cc(c21)O3)Oc1cc(N(c2ccccc2)c2ccccc2)cc2c1B4c1ccccc1O2. The van der Waals surface area contributed by atoms with Crippen LogP contribution in [0.2, 0.25) is 0 Å². The van der Waals surface area contributed by atoms with Gasteiger partial charge in [-0.15, -0.1) is 0 Å². The van der Waals surface area contributed by atoms with E-state index < -0.39 is 25.1 Å². The topological polar surface area (TPSA) is 59.1 Å². The van der Waals surface area contributed by atoms with Gasteiger partial charge in [-0.2, -0.15) is 0 Å². The maximum absolute atomic E-state index is 17.4. The second kappa shape index (κ2) is 22.0. The summed E-state index contributed by atoms with van der Waals surface area (Å²) in [4.78, 5) is 8.30. The Morgan fingerprint density at radius 3 is 0.929 bits per heavy atom. The van der Waals surface area contributed by atoms with Crippen LogP contribution >= 0.6 is 0 Å². The van der Waals surface area contributed by atoms with Crippen molar-refractivity contribution in [2.24, 2.45) is 0 Å². The highest BCUT2D eigenvalue weighted by Crippen LogP contribution is 2.51. The van der Waals surface area contributed by atoms with E-state index in [-0.39, 0.29) is 12.4 Å². The molecule has 0 fully saturated rings. The molecule has 0 amide bonds. The third-order valence-corrected chi connectivity index (χ3v) is 19.8. The number of fused-ring (bicyclic) bond motifs is 12. The molecule has 14 aromatic rings. The molecule has 98 heavy (non-hydrogen) atoms. The molecule has 6 aliphatic heterocycles. The molecule has 6 aliphatic rings. The van der Waals surface area contributed by atoms with Gasteiger partial charge in [-0.1, -0.05) is 164 Å². The zero-order chi connectivity index (χ0) is 64.7. The molecule has 0 aliphatic carbocycles. The normalized spacial score (nSPS) is 13.1. The van der Waals surface area contributed by atoms with Gasteiger partial charge in [0.25, 0.3) is 20.1 Å². The predicted molar refractivity (Wildman–Crippen MR) is 392 cm³/mol. The Kier molecular flexibility index (Phi) is 12.5. The molecule has 0 saturated heterocycles. The van der Waals surface area contributed by atoms with Gasteiger partial charge in [0.1, 0.15) is 74.8 Å². The Bertz CT molecular complexity index is 5450. The molecule has 0 saturated carbocycles. The number of rotatable bonds is 10. The van der Waals surface area contributed by atoms with Gasteiger partial charge in [0, 0.05) is 98.9 Å². The third-order valence-electron chi connectivity index (χ3n) is 19.8. The number of nitrogens with zero attached hydrogens (tertiary/aromatic N) is 4. The highest BCUT2D eigenvalue weighted by Gasteiger charge is 2.50. The van der Waals surface area contributed by atoms with Crippen LogP contribution in [-0.2, 0) is 0 Å². The van der Waals surface area contributed by atoms with Crippen molar-refractivity contribution in [3.05, 3.63) is 321 Å². The fraction of sp³-hybridized carbons (Fsp3) is 0. The van der Waals surface area contributed by atoms with Crippen LogP contribution < -0.4 is 92.4 Å². The first-order valence-corrected chi connectivity index (χ1v) is 32.8. The number of para-hydroxylation sites is 9. The third kappa shape index (κ3) is 8.67. The van der Waals surface area contributed by atoms with Gasteiger partial charge in [0.05, 0.1) is 17.1 Å². The number of halogens is 2. The van der Waals surface area contributed by atoms with Crippen molar-refractivity contribution in [1.82, 2.24) is 0 Å². The van der Waals surface area contributed by atoms with Crippen molar-refractivity contribution >= 4 is 138 Å². The van der Waals surface area contributed by atoms with Crippen molar-refractivity contribution in [2.45, 2.75) is 0 Å². The van der Waals surface area contributed by atoms with E-state index in [0.717, 1.165) is 106 Å². The zero-order valence-electron chi connectivity index (χ0n) is 52.3. The second-order valence-electron chi connectivity index (χ2n) is 25.3. The smallest absolute Gasteiger partial charge is 0.260 e. The van der Waals surface area contributed by atoms with Crippen LogP contribution in [0.3, 0.4) is 0 Å². The van der Waals surface area contributed by atoms with E-state index in [0.29, 0.717) is 63.1 Å². The minimum absolute atomic E-state index is 0.238. The largest absolute Gasteiger partial charge is 0.458 e. The lowest BCUT2D eigenvalue weighted by molar-refractivity contribution is 0.452. The van der Waals surface area contributed by atoms with Crippen molar-refractivity contribution < 1.29 is 32.5 Å². The van der Waals surface area contributed by atoms with Gasteiger partial charge in [-0.3, -0.25) is 0 Å². The zero-order valence-corrected chi connectivity index (χ0v) is 52.3. The van der Waals surface area contributed by atoms with Crippen molar-refractivity contribution in [1.29, 1.82) is 0 Å². The van der Waals surface area contributed by atoms with E-state index in [4.69, 9.17) is 23.7 Å². The van der Waals surface area contributed by atoms with Crippen LogP contribution in [0.25, 0.3) is 0 Å². The fourth-order valence-corrected chi connectivity index (χ4v) is 15.7. The minimum Gasteiger partial charge on any atom is -0.458 e. The van der Waals surface area contributed by atoms with Crippen molar-refractivity contribution in [3.8, 4) is 57.5 Å². The maximum Gasteiger partial charge on any atom is 0.260 e. The highest BCUT2D eigenvalue weighted by atomic mass is 19.1. The van der Waals surface area contributed by atoms with Crippen LogP contribution in [0.1, 0.15) is 0 Å². The second-order valence-corrected chi connectivity index (χ2v) is 25.3. The molecule has 0 atom stereocenters. The van der Waals surface area contributed by atoms with E-state index in [1.54, 1.807) is 4.90 Å². The summed E-state index contributed by atoms with van der Waals surface area (Å²) >= 11 is 0. The first-order valence-electron chi connectivity index (χ1n) is 32.8. The van der Waals surface area contributed by atoms with Crippen LogP contribution in [0, 0.1) is 11.6 Å². The standard InChI is InChI=1S/C84H51B3F2N4O5/c88-67-38-23-39-68(89)84(67)93-69-50-73-64(48-63(69)85-61-36-19-21-40-71(61)94-76-43-58(42-70(93)81(76)85)90(52-24-7-1-8-25-52)53-26-9-2-10-27-53)87-66-49-65-74(51-75(66)98-80-47-60(46-79(96-73)83(80)87)92(56-32-15-5-16-33-56)57-34-17-6-18-35-57)97-78-45-59(44-77-82(78)86(65)62-37-20-22-41-72(62)95-77)91(54-28-11-3-12-29-54)55-30-13-4-14-31-55/h1-51H. The summed E-state index contributed by atoms with van der Waals surface area (Å²) in [5, 5.41) is 0. The van der Waals surface area contributed by atoms with Crippen LogP contribution in [0.5, 0.6) is 57.5 Å². The number of anilines is 12. The number of benzene rings is 14. The maximum atomic E-state index is 17.4. The van der Waals surface area contributed by atoms with Crippen LogP contribution in [0.15, 0.2) is 309 Å². The molecule has 0 spiro atoms. The molecular formula is C84H51B3F2N4O5. The first kappa shape index (κ1) is 55.8. The van der Waals surface area contributed by atoms with Crippen LogP contribution in [0.4, 0.5) is 77.0 Å². The quantitative estimate of drug-likeness (QED) is 0.125. The summed E-state index contributed by atoms with van der Waals surface area (Å²) in [5.41, 5.74) is 16.7. The Balaban J connectivity index is 0.829. The molecule has 14 aromatic carbocycles. The predicted octanol–water partition coefficient (Wildman–Crippen LogP) is 16.2. The summed E-state index contributed by atoms with van der Waals surface area (Å²) in [7, 11) is 0. The van der Waals surface area contributed by atoms with E-state index in [9.17, 15) is 0 Å². The Labute approximate surface area is 565 Å². The molecule has 14 heteroatoms. The fourth-order valence-electron chi connectivity index (χ4n) is 15.7. The lowest BCUT2D eigenvalue weighted by Gasteiger charge is -2.42. The minimum atomic E-state index is -0.737. The van der Waals surface area contributed by atoms with Gasteiger partial charge in [-0.25, -0.2) is 8.78 Å². The molecule has 0 radical (unpaired) electrons. The molecule has 460 valence electrons. The van der Waals surface area contributed by atoms with Crippen molar-refractivity contribution in [3.63, 3.8) is 0 Å². The lowest BCUT2D eigenvalue weighted by Crippen LogP contribution is -2.64.